The van der Waals surface area contributed by atoms with E-state index in [0.717, 1.165) is 40.6 Å². The second-order valence-corrected chi connectivity index (χ2v) is 9.36. The molecule has 0 saturated carbocycles. The lowest BCUT2D eigenvalue weighted by molar-refractivity contribution is 0.0162. The highest BCUT2D eigenvalue weighted by Gasteiger charge is 2.24. The van der Waals surface area contributed by atoms with Crippen molar-refractivity contribution < 1.29 is 14.3 Å². The van der Waals surface area contributed by atoms with Crippen LogP contribution in [0.3, 0.4) is 0 Å². The minimum Gasteiger partial charge on any atom is -0.497 e. The van der Waals surface area contributed by atoms with E-state index in [1.165, 1.54) is 5.56 Å². The summed E-state index contributed by atoms with van der Waals surface area (Å²) in [5, 5.41) is 7.43. The molecule has 7 heteroatoms. The zero-order valence-electron chi connectivity index (χ0n) is 18.2. The summed E-state index contributed by atoms with van der Waals surface area (Å²) in [5.74, 6) is 1.65. The minimum absolute atomic E-state index is 0.0369. The molecule has 1 aliphatic rings. The van der Waals surface area contributed by atoms with Crippen LogP contribution in [0.2, 0.25) is 0 Å². The molecule has 0 radical (unpaired) electrons. The molecule has 1 amide bonds. The molecule has 0 spiro atoms. The van der Waals surface area contributed by atoms with Gasteiger partial charge in [-0.25, -0.2) is 0 Å². The van der Waals surface area contributed by atoms with Crippen LogP contribution < -0.4 is 10.1 Å². The van der Waals surface area contributed by atoms with Gasteiger partial charge >= 0.3 is 0 Å². The van der Waals surface area contributed by atoms with Crippen LogP contribution in [0.25, 0.3) is 0 Å². The van der Waals surface area contributed by atoms with E-state index in [0.29, 0.717) is 19.8 Å². The number of ether oxygens (including phenoxy) is 2. The highest BCUT2D eigenvalue weighted by Crippen LogP contribution is 2.28. The van der Waals surface area contributed by atoms with Crippen molar-refractivity contribution in [1.82, 2.24) is 10.2 Å². The Bertz CT molecular complexity index is 987. The first kappa shape index (κ1) is 22.9. The molecule has 1 fully saturated rings. The summed E-state index contributed by atoms with van der Waals surface area (Å²) in [5.41, 5.74) is 3.17. The van der Waals surface area contributed by atoms with Gasteiger partial charge < -0.3 is 14.8 Å². The summed E-state index contributed by atoms with van der Waals surface area (Å²) in [7, 11) is 1.67. The molecule has 2 aromatic carbocycles. The monoisotopic (exact) mass is 468 g/mol. The molecule has 1 aromatic heterocycles. The fourth-order valence-electron chi connectivity index (χ4n) is 3.77. The van der Waals surface area contributed by atoms with Gasteiger partial charge in [0.1, 0.15) is 5.75 Å². The van der Waals surface area contributed by atoms with Crippen LogP contribution in [0, 0.1) is 0 Å². The average Bonchev–Trinajstić information content (AvgIpc) is 3.38. The number of thiophene rings is 1. The Hall–Kier alpha value is -2.32. The number of nitrogens with one attached hydrogen (secondary N) is 1. The predicted molar refractivity (Wildman–Crippen MR) is 131 cm³/mol. The van der Waals surface area contributed by atoms with Gasteiger partial charge in [-0.2, -0.15) is 11.3 Å². The van der Waals surface area contributed by atoms with Crippen molar-refractivity contribution in [3.05, 3.63) is 82.0 Å². The summed E-state index contributed by atoms with van der Waals surface area (Å²) in [6.07, 6.45) is 0. The second-order valence-electron chi connectivity index (χ2n) is 7.56. The molecule has 1 saturated heterocycles. The fourth-order valence-corrected chi connectivity index (χ4v) is 5.54. The van der Waals surface area contributed by atoms with E-state index in [1.54, 1.807) is 30.2 Å². The highest BCUT2D eigenvalue weighted by atomic mass is 32.2. The molecule has 3 aromatic rings. The van der Waals surface area contributed by atoms with Gasteiger partial charge in [-0.3, -0.25) is 9.69 Å². The molecule has 1 atom stereocenters. The summed E-state index contributed by atoms with van der Waals surface area (Å²) < 4.78 is 10.8. The van der Waals surface area contributed by atoms with E-state index in [9.17, 15) is 4.79 Å². The maximum Gasteiger partial charge on any atom is 0.252 e. The molecule has 168 valence electrons. The van der Waals surface area contributed by atoms with Gasteiger partial charge in [-0.1, -0.05) is 24.3 Å². The third-order valence-electron chi connectivity index (χ3n) is 5.55. The number of amides is 1. The third-order valence-corrected chi connectivity index (χ3v) is 7.43. The van der Waals surface area contributed by atoms with Gasteiger partial charge in [0.15, 0.2) is 0 Å². The number of carbonyl (C=O) groups is 1. The quantitative estimate of drug-likeness (QED) is 0.455. The second kappa shape index (κ2) is 11.5. The zero-order chi connectivity index (χ0) is 22.2. The number of nitrogens with zero attached hydrogens (tertiary/aromatic N) is 1. The number of morpholine rings is 1. The Balaban J connectivity index is 1.46. The minimum atomic E-state index is -0.0369. The lowest BCUT2D eigenvalue weighted by atomic mass is 10.0. The van der Waals surface area contributed by atoms with Crippen LogP contribution in [0.15, 0.2) is 70.3 Å². The number of methoxy groups -OCH3 is 1. The number of rotatable bonds is 9. The van der Waals surface area contributed by atoms with E-state index < -0.39 is 0 Å². The number of carbonyl (C=O) groups excluding carboxylic acids is 1. The molecule has 1 N–H and O–H groups in total. The Morgan fingerprint density at radius 3 is 2.66 bits per heavy atom. The van der Waals surface area contributed by atoms with Crippen LogP contribution in [-0.2, 0) is 10.5 Å². The largest absolute Gasteiger partial charge is 0.497 e. The molecule has 4 rings (SSSR count). The average molecular weight is 469 g/mol. The van der Waals surface area contributed by atoms with Gasteiger partial charge in [-0.05, 0) is 52.2 Å². The van der Waals surface area contributed by atoms with Gasteiger partial charge in [0.05, 0.1) is 31.9 Å². The van der Waals surface area contributed by atoms with Crippen LogP contribution in [0.1, 0.15) is 27.5 Å². The van der Waals surface area contributed by atoms with Gasteiger partial charge in [0.25, 0.3) is 5.91 Å². The van der Waals surface area contributed by atoms with Crippen LogP contribution in [0.4, 0.5) is 0 Å². The summed E-state index contributed by atoms with van der Waals surface area (Å²) >= 11 is 3.40. The summed E-state index contributed by atoms with van der Waals surface area (Å²) in [4.78, 5) is 16.5. The fraction of sp³-hybridized carbons (Fsp3) is 0.320. The standard InChI is InChI=1S/C25H28N2O3S2/c1-29-21-8-6-20(7-9-21)23(27-11-13-30-14-12-27)16-26-25(28)22-4-2-3-5-24(22)32-18-19-10-15-31-17-19/h2-10,15,17,23H,11-14,16,18H2,1H3,(H,26,28). The lowest BCUT2D eigenvalue weighted by Crippen LogP contribution is -2.43. The number of thioether (sulfide) groups is 1. The molecule has 1 unspecified atom stereocenters. The van der Waals surface area contributed by atoms with Crippen molar-refractivity contribution in [1.29, 1.82) is 0 Å². The molecule has 32 heavy (non-hydrogen) atoms. The first-order valence-electron chi connectivity index (χ1n) is 10.7. The molecule has 0 bridgehead atoms. The van der Waals surface area contributed by atoms with E-state index in [1.807, 2.05) is 36.4 Å². The smallest absolute Gasteiger partial charge is 0.252 e. The van der Waals surface area contributed by atoms with Crippen molar-refractivity contribution in [3.8, 4) is 5.75 Å². The van der Waals surface area contributed by atoms with E-state index in [2.05, 4.69) is 39.2 Å². The third kappa shape index (κ3) is 5.92. The topological polar surface area (TPSA) is 50.8 Å². The van der Waals surface area contributed by atoms with E-state index in [-0.39, 0.29) is 11.9 Å². The predicted octanol–water partition coefficient (Wildman–Crippen LogP) is 4.85. The van der Waals surface area contributed by atoms with E-state index in [4.69, 9.17) is 9.47 Å². The Morgan fingerprint density at radius 1 is 1.16 bits per heavy atom. The molecule has 5 nitrogen and oxygen atoms in total. The zero-order valence-corrected chi connectivity index (χ0v) is 19.8. The first-order chi connectivity index (χ1) is 15.7. The molecule has 2 heterocycles. The molecule has 0 aliphatic carbocycles. The van der Waals surface area contributed by atoms with Crippen molar-refractivity contribution in [2.24, 2.45) is 0 Å². The van der Waals surface area contributed by atoms with Gasteiger partial charge in [-0.15, -0.1) is 11.8 Å². The SMILES string of the molecule is COc1ccc(C(CNC(=O)c2ccccc2SCc2ccsc2)N2CCOCC2)cc1. The summed E-state index contributed by atoms with van der Waals surface area (Å²) in [6, 6.07) is 18.2. The Kier molecular flexibility index (Phi) is 8.23. The lowest BCUT2D eigenvalue weighted by Gasteiger charge is -2.35. The maximum atomic E-state index is 13.2. The molecular formula is C25H28N2O3S2. The van der Waals surface area contributed by atoms with Gasteiger partial charge in [0.2, 0.25) is 0 Å². The number of benzene rings is 2. The van der Waals surface area contributed by atoms with Crippen LogP contribution >= 0.6 is 23.1 Å². The number of hydrogen-bond acceptors (Lipinski definition) is 6. The van der Waals surface area contributed by atoms with Crippen molar-refractivity contribution >= 4 is 29.0 Å². The van der Waals surface area contributed by atoms with Crippen molar-refractivity contribution in [3.63, 3.8) is 0 Å². The summed E-state index contributed by atoms with van der Waals surface area (Å²) in [6.45, 7) is 3.65. The first-order valence-corrected chi connectivity index (χ1v) is 12.6. The Labute approximate surface area is 197 Å². The highest BCUT2D eigenvalue weighted by molar-refractivity contribution is 7.98. The van der Waals surface area contributed by atoms with Crippen LogP contribution in [0.5, 0.6) is 5.75 Å². The molecule has 1 aliphatic heterocycles. The van der Waals surface area contributed by atoms with E-state index >= 15 is 0 Å². The van der Waals surface area contributed by atoms with Crippen molar-refractivity contribution in [2.45, 2.75) is 16.7 Å². The maximum absolute atomic E-state index is 13.2. The van der Waals surface area contributed by atoms with Gasteiger partial charge in [0, 0.05) is 30.3 Å². The number of hydrogen-bond donors (Lipinski definition) is 1. The van der Waals surface area contributed by atoms with Crippen molar-refractivity contribution in [2.75, 3.05) is 40.0 Å². The Morgan fingerprint density at radius 2 is 1.94 bits per heavy atom. The van der Waals surface area contributed by atoms with Crippen LogP contribution in [-0.4, -0.2) is 50.8 Å². The molecular weight excluding hydrogens is 440 g/mol. The normalized spacial score (nSPS) is 15.3.